The number of ether oxygens (including phenoxy) is 1. The standard InChI is InChI=1S/C19H20Cl2N4O5/c1-24(11-18(26)23-13-4-5-14(20)15(21)10-13)19(27)12-3-6-16(22-7-8-30-2)17(9-12)25(28)29/h3-6,9-10,22H,7-8,11H2,1-2H3,(H,23,26). The fraction of sp³-hybridized carbons (Fsp3) is 0.263. The molecule has 0 aromatic heterocycles. The SMILES string of the molecule is COCCNc1ccc(C(=O)N(C)CC(=O)Nc2ccc(Cl)c(Cl)c2)cc1[N+](=O)[O-]. The van der Waals surface area contributed by atoms with Gasteiger partial charge < -0.3 is 20.3 Å². The summed E-state index contributed by atoms with van der Waals surface area (Å²) in [4.78, 5) is 36.8. The van der Waals surface area contributed by atoms with E-state index in [2.05, 4.69) is 10.6 Å². The first-order valence-electron chi connectivity index (χ1n) is 8.74. The minimum atomic E-state index is -0.580. The van der Waals surface area contributed by atoms with Crippen LogP contribution in [0.15, 0.2) is 36.4 Å². The summed E-state index contributed by atoms with van der Waals surface area (Å²) in [6.45, 7) is 0.481. The summed E-state index contributed by atoms with van der Waals surface area (Å²) in [6.07, 6.45) is 0. The number of nitro benzene ring substituents is 1. The Kier molecular flexibility index (Phi) is 8.40. The molecular weight excluding hydrogens is 435 g/mol. The molecular formula is C19H20Cl2N4O5. The van der Waals surface area contributed by atoms with Gasteiger partial charge in [0.1, 0.15) is 5.69 Å². The molecule has 0 heterocycles. The lowest BCUT2D eigenvalue weighted by Crippen LogP contribution is -2.35. The second kappa shape index (κ2) is 10.8. The molecule has 0 fully saturated rings. The lowest BCUT2D eigenvalue weighted by Gasteiger charge is -2.17. The molecule has 160 valence electrons. The van der Waals surface area contributed by atoms with Gasteiger partial charge in [-0.2, -0.15) is 0 Å². The van der Waals surface area contributed by atoms with Gasteiger partial charge in [0.05, 0.1) is 28.1 Å². The van der Waals surface area contributed by atoms with Crippen molar-refractivity contribution in [2.45, 2.75) is 0 Å². The number of hydrogen-bond donors (Lipinski definition) is 2. The van der Waals surface area contributed by atoms with Gasteiger partial charge >= 0.3 is 0 Å². The predicted molar refractivity (Wildman–Crippen MR) is 116 cm³/mol. The number of anilines is 2. The number of nitro groups is 1. The van der Waals surface area contributed by atoms with Crippen molar-refractivity contribution < 1.29 is 19.2 Å². The molecule has 2 aromatic carbocycles. The molecule has 2 amide bonds. The lowest BCUT2D eigenvalue weighted by atomic mass is 10.1. The first-order valence-corrected chi connectivity index (χ1v) is 9.50. The average molecular weight is 455 g/mol. The number of carbonyl (C=O) groups excluding carboxylic acids is 2. The Bertz CT molecular complexity index is 955. The van der Waals surface area contributed by atoms with Crippen LogP contribution in [0.25, 0.3) is 0 Å². The van der Waals surface area contributed by atoms with E-state index >= 15 is 0 Å². The van der Waals surface area contributed by atoms with E-state index in [1.54, 1.807) is 6.07 Å². The minimum absolute atomic E-state index is 0.0869. The molecule has 0 atom stereocenters. The van der Waals surface area contributed by atoms with E-state index in [4.69, 9.17) is 27.9 Å². The van der Waals surface area contributed by atoms with Crippen molar-refractivity contribution in [2.75, 3.05) is 44.5 Å². The van der Waals surface area contributed by atoms with E-state index in [9.17, 15) is 19.7 Å². The molecule has 2 aromatic rings. The number of methoxy groups -OCH3 is 1. The Morgan fingerprint density at radius 2 is 1.90 bits per heavy atom. The van der Waals surface area contributed by atoms with E-state index in [1.807, 2.05) is 0 Å². The van der Waals surface area contributed by atoms with Crippen LogP contribution in [0.3, 0.4) is 0 Å². The molecule has 0 aliphatic carbocycles. The summed E-state index contributed by atoms with van der Waals surface area (Å²) >= 11 is 11.7. The first kappa shape index (κ1) is 23.4. The number of halogens is 2. The van der Waals surface area contributed by atoms with Crippen molar-refractivity contribution in [3.63, 3.8) is 0 Å². The Balaban J connectivity index is 2.07. The third kappa shape index (κ3) is 6.31. The van der Waals surface area contributed by atoms with Crippen LogP contribution in [-0.4, -0.2) is 55.5 Å². The third-order valence-electron chi connectivity index (χ3n) is 3.99. The van der Waals surface area contributed by atoms with Crippen LogP contribution >= 0.6 is 23.2 Å². The van der Waals surface area contributed by atoms with E-state index < -0.39 is 16.7 Å². The maximum Gasteiger partial charge on any atom is 0.293 e. The third-order valence-corrected chi connectivity index (χ3v) is 4.73. The molecule has 0 unspecified atom stereocenters. The number of carbonyl (C=O) groups is 2. The molecule has 2 rings (SSSR count). The fourth-order valence-corrected chi connectivity index (χ4v) is 2.83. The highest BCUT2D eigenvalue weighted by Gasteiger charge is 2.21. The number of nitrogens with one attached hydrogen (secondary N) is 2. The Hall–Kier alpha value is -2.88. The number of nitrogens with zero attached hydrogens (tertiary/aromatic N) is 2. The van der Waals surface area contributed by atoms with Gasteiger partial charge in [-0.15, -0.1) is 0 Å². The van der Waals surface area contributed by atoms with Crippen LogP contribution in [0, 0.1) is 10.1 Å². The van der Waals surface area contributed by atoms with Crippen molar-refractivity contribution in [3.05, 3.63) is 62.1 Å². The molecule has 0 spiro atoms. The van der Waals surface area contributed by atoms with Gasteiger partial charge in [0.2, 0.25) is 5.91 Å². The molecule has 11 heteroatoms. The Labute approximate surface area is 183 Å². The second-order valence-corrected chi connectivity index (χ2v) is 7.06. The summed E-state index contributed by atoms with van der Waals surface area (Å²) in [5, 5.41) is 17.5. The van der Waals surface area contributed by atoms with E-state index in [0.717, 1.165) is 4.90 Å². The maximum absolute atomic E-state index is 12.6. The maximum atomic E-state index is 12.6. The van der Waals surface area contributed by atoms with Gasteiger partial charge in [-0.1, -0.05) is 23.2 Å². The summed E-state index contributed by atoms with van der Waals surface area (Å²) in [5.74, 6) is -0.998. The minimum Gasteiger partial charge on any atom is -0.383 e. The molecule has 2 N–H and O–H groups in total. The highest BCUT2D eigenvalue weighted by Crippen LogP contribution is 2.26. The number of likely N-dealkylation sites (N-methyl/N-ethyl adjacent to an activating group) is 1. The highest BCUT2D eigenvalue weighted by molar-refractivity contribution is 6.42. The summed E-state index contributed by atoms with van der Waals surface area (Å²) < 4.78 is 4.90. The number of benzene rings is 2. The largest absolute Gasteiger partial charge is 0.383 e. The van der Waals surface area contributed by atoms with Crippen LogP contribution < -0.4 is 10.6 Å². The normalized spacial score (nSPS) is 10.4. The fourth-order valence-electron chi connectivity index (χ4n) is 2.53. The highest BCUT2D eigenvalue weighted by atomic mass is 35.5. The van der Waals surface area contributed by atoms with E-state index in [1.165, 1.54) is 44.5 Å². The van der Waals surface area contributed by atoms with E-state index in [0.29, 0.717) is 23.9 Å². The number of rotatable bonds is 9. The molecule has 30 heavy (non-hydrogen) atoms. The molecule has 0 bridgehead atoms. The number of amides is 2. The van der Waals surface area contributed by atoms with Crippen molar-refractivity contribution in [1.82, 2.24) is 4.90 Å². The van der Waals surface area contributed by atoms with Gasteiger partial charge in [-0.05, 0) is 30.3 Å². The summed E-state index contributed by atoms with van der Waals surface area (Å²) in [7, 11) is 2.94. The first-order chi connectivity index (χ1) is 14.2. The predicted octanol–water partition coefficient (Wildman–Crippen LogP) is 3.67. The molecule has 0 radical (unpaired) electrons. The summed E-state index contributed by atoms with van der Waals surface area (Å²) in [5.41, 5.74) is 0.542. The van der Waals surface area contributed by atoms with Crippen molar-refractivity contribution >= 4 is 52.1 Å². The molecule has 0 saturated carbocycles. The summed E-state index contributed by atoms with van der Waals surface area (Å²) in [6, 6.07) is 8.68. The lowest BCUT2D eigenvalue weighted by molar-refractivity contribution is -0.384. The second-order valence-electron chi connectivity index (χ2n) is 6.25. The van der Waals surface area contributed by atoms with Gasteiger partial charge in [-0.25, -0.2) is 0 Å². The zero-order valence-corrected chi connectivity index (χ0v) is 17.8. The topological polar surface area (TPSA) is 114 Å². The average Bonchev–Trinajstić information content (AvgIpc) is 2.70. The molecule has 9 nitrogen and oxygen atoms in total. The van der Waals surface area contributed by atoms with Gasteiger partial charge in [0, 0.05) is 38.0 Å². The smallest absolute Gasteiger partial charge is 0.293 e. The van der Waals surface area contributed by atoms with Crippen LogP contribution in [0.5, 0.6) is 0 Å². The quantitative estimate of drug-likeness (QED) is 0.339. The zero-order valence-electron chi connectivity index (χ0n) is 16.3. The van der Waals surface area contributed by atoms with Crippen LogP contribution in [0.4, 0.5) is 17.1 Å². The zero-order chi connectivity index (χ0) is 22.3. The molecule has 0 aliphatic rings. The van der Waals surface area contributed by atoms with Crippen molar-refractivity contribution in [3.8, 4) is 0 Å². The monoisotopic (exact) mass is 454 g/mol. The van der Waals surface area contributed by atoms with Crippen LogP contribution in [-0.2, 0) is 9.53 Å². The molecule has 0 aliphatic heterocycles. The van der Waals surface area contributed by atoms with Crippen LogP contribution in [0.1, 0.15) is 10.4 Å². The van der Waals surface area contributed by atoms with Crippen LogP contribution in [0.2, 0.25) is 10.0 Å². The Morgan fingerprint density at radius 3 is 2.53 bits per heavy atom. The van der Waals surface area contributed by atoms with Crippen molar-refractivity contribution in [1.29, 1.82) is 0 Å². The number of hydrogen-bond acceptors (Lipinski definition) is 6. The Morgan fingerprint density at radius 1 is 1.17 bits per heavy atom. The van der Waals surface area contributed by atoms with Gasteiger partial charge in [0.15, 0.2) is 0 Å². The van der Waals surface area contributed by atoms with E-state index in [-0.39, 0.29) is 28.5 Å². The molecule has 0 saturated heterocycles. The van der Waals surface area contributed by atoms with Crippen molar-refractivity contribution in [2.24, 2.45) is 0 Å². The van der Waals surface area contributed by atoms with Gasteiger partial charge in [-0.3, -0.25) is 19.7 Å². The van der Waals surface area contributed by atoms with Gasteiger partial charge in [0.25, 0.3) is 11.6 Å².